The standard InChI is InChI=1S/C18H28FNO/c1-4-21-18(11-5-6-14(2)13-18)17(20-3)12-15-7-9-16(19)10-8-15/h7-10,14,17,20H,4-6,11-13H2,1-3H3. The van der Waals surface area contributed by atoms with Gasteiger partial charge in [-0.1, -0.05) is 31.9 Å². The molecular formula is C18H28FNO. The van der Waals surface area contributed by atoms with Gasteiger partial charge in [-0.3, -0.25) is 0 Å². The van der Waals surface area contributed by atoms with Crippen LogP contribution < -0.4 is 5.32 Å². The summed E-state index contributed by atoms with van der Waals surface area (Å²) in [6.45, 7) is 5.14. The van der Waals surface area contributed by atoms with E-state index in [2.05, 4.69) is 19.2 Å². The van der Waals surface area contributed by atoms with Crippen molar-refractivity contribution in [1.29, 1.82) is 0 Å². The fourth-order valence-corrected chi connectivity index (χ4v) is 3.79. The first kappa shape index (κ1) is 16.4. The molecule has 3 atom stereocenters. The van der Waals surface area contributed by atoms with E-state index in [1.807, 2.05) is 19.2 Å². The molecule has 2 rings (SSSR count). The second-order valence-electron chi connectivity index (χ2n) is 6.37. The molecule has 1 aromatic rings. The number of nitrogens with one attached hydrogen (secondary N) is 1. The van der Waals surface area contributed by atoms with Crippen LogP contribution in [0.1, 0.15) is 45.1 Å². The summed E-state index contributed by atoms with van der Waals surface area (Å²) in [5.74, 6) is 0.528. The molecule has 1 aliphatic carbocycles. The average molecular weight is 293 g/mol. The fourth-order valence-electron chi connectivity index (χ4n) is 3.79. The van der Waals surface area contributed by atoms with E-state index in [1.54, 1.807) is 12.1 Å². The molecule has 21 heavy (non-hydrogen) atoms. The van der Waals surface area contributed by atoms with Crippen molar-refractivity contribution in [2.45, 2.75) is 57.6 Å². The number of hydrogen-bond donors (Lipinski definition) is 1. The quantitative estimate of drug-likeness (QED) is 0.857. The van der Waals surface area contributed by atoms with Crippen molar-refractivity contribution in [2.75, 3.05) is 13.7 Å². The Balaban J connectivity index is 2.17. The smallest absolute Gasteiger partial charge is 0.123 e. The van der Waals surface area contributed by atoms with E-state index in [0.717, 1.165) is 31.4 Å². The predicted molar refractivity (Wildman–Crippen MR) is 84.9 cm³/mol. The summed E-state index contributed by atoms with van der Waals surface area (Å²) in [5.41, 5.74) is 1.07. The van der Waals surface area contributed by atoms with E-state index in [9.17, 15) is 4.39 Å². The molecule has 118 valence electrons. The summed E-state index contributed by atoms with van der Waals surface area (Å²) in [4.78, 5) is 0. The third-order valence-corrected chi connectivity index (χ3v) is 4.76. The summed E-state index contributed by atoms with van der Waals surface area (Å²) in [5, 5.41) is 3.46. The van der Waals surface area contributed by atoms with Gasteiger partial charge in [-0.25, -0.2) is 4.39 Å². The highest BCUT2D eigenvalue weighted by Gasteiger charge is 2.41. The summed E-state index contributed by atoms with van der Waals surface area (Å²) in [6.07, 6.45) is 5.61. The van der Waals surface area contributed by atoms with Gasteiger partial charge >= 0.3 is 0 Å². The highest BCUT2D eigenvalue weighted by Crippen LogP contribution is 2.38. The molecular weight excluding hydrogens is 265 g/mol. The fraction of sp³-hybridized carbons (Fsp3) is 0.667. The Hall–Kier alpha value is -0.930. The summed E-state index contributed by atoms with van der Waals surface area (Å²) in [6, 6.07) is 7.11. The monoisotopic (exact) mass is 293 g/mol. The molecule has 0 amide bonds. The van der Waals surface area contributed by atoms with Crippen LogP contribution in [0.3, 0.4) is 0 Å². The third kappa shape index (κ3) is 4.04. The van der Waals surface area contributed by atoms with Crippen LogP contribution in [-0.2, 0) is 11.2 Å². The van der Waals surface area contributed by atoms with Gasteiger partial charge in [0.05, 0.1) is 5.60 Å². The lowest BCUT2D eigenvalue weighted by Crippen LogP contribution is -2.55. The van der Waals surface area contributed by atoms with Crippen molar-refractivity contribution in [3.05, 3.63) is 35.6 Å². The summed E-state index contributed by atoms with van der Waals surface area (Å²) >= 11 is 0. The van der Waals surface area contributed by atoms with Gasteiger partial charge in [-0.05, 0) is 56.8 Å². The molecule has 0 bridgehead atoms. The van der Waals surface area contributed by atoms with Crippen molar-refractivity contribution in [3.63, 3.8) is 0 Å². The van der Waals surface area contributed by atoms with E-state index < -0.39 is 0 Å². The Bertz CT molecular complexity index is 429. The lowest BCUT2D eigenvalue weighted by atomic mass is 9.73. The molecule has 0 saturated heterocycles. The van der Waals surface area contributed by atoms with Crippen LogP contribution in [0.2, 0.25) is 0 Å². The van der Waals surface area contributed by atoms with Crippen LogP contribution >= 0.6 is 0 Å². The molecule has 0 aliphatic heterocycles. The zero-order valence-electron chi connectivity index (χ0n) is 13.5. The molecule has 0 heterocycles. The Morgan fingerprint density at radius 2 is 2.10 bits per heavy atom. The van der Waals surface area contributed by atoms with Crippen molar-refractivity contribution < 1.29 is 9.13 Å². The first-order valence-electron chi connectivity index (χ1n) is 8.15. The molecule has 1 saturated carbocycles. The second kappa shape index (κ2) is 7.37. The van der Waals surface area contributed by atoms with Crippen molar-refractivity contribution in [2.24, 2.45) is 5.92 Å². The van der Waals surface area contributed by atoms with E-state index in [0.29, 0.717) is 5.92 Å². The zero-order valence-corrected chi connectivity index (χ0v) is 13.5. The average Bonchev–Trinajstić information content (AvgIpc) is 2.47. The van der Waals surface area contributed by atoms with E-state index in [4.69, 9.17) is 4.74 Å². The van der Waals surface area contributed by atoms with Crippen LogP contribution in [-0.4, -0.2) is 25.3 Å². The number of halogens is 1. The lowest BCUT2D eigenvalue weighted by molar-refractivity contribution is -0.0988. The third-order valence-electron chi connectivity index (χ3n) is 4.76. The van der Waals surface area contributed by atoms with Gasteiger partial charge in [0.2, 0.25) is 0 Å². The predicted octanol–water partition coefficient (Wildman–Crippen LogP) is 3.94. The van der Waals surface area contributed by atoms with Gasteiger partial charge < -0.3 is 10.1 Å². The molecule has 1 fully saturated rings. The number of rotatable bonds is 6. The van der Waals surface area contributed by atoms with Gasteiger partial charge in [0.1, 0.15) is 5.82 Å². The maximum absolute atomic E-state index is 13.1. The topological polar surface area (TPSA) is 21.3 Å². The molecule has 1 N–H and O–H groups in total. The van der Waals surface area contributed by atoms with Crippen LogP contribution in [0.25, 0.3) is 0 Å². The Morgan fingerprint density at radius 3 is 2.67 bits per heavy atom. The van der Waals surface area contributed by atoms with Gasteiger partial charge in [0, 0.05) is 12.6 Å². The number of ether oxygens (including phenoxy) is 1. The number of likely N-dealkylation sites (N-methyl/N-ethyl adjacent to an activating group) is 1. The van der Waals surface area contributed by atoms with Gasteiger partial charge in [0.15, 0.2) is 0 Å². The molecule has 1 aromatic carbocycles. The minimum absolute atomic E-state index is 0.0877. The van der Waals surface area contributed by atoms with E-state index in [1.165, 1.54) is 12.8 Å². The number of hydrogen-bond acceptors (Lipinski definition) is 2. The Kier molecular flexibility index (Phi) is 5.77. The Morgan fingerprint density at radius 1 is 1.38 bits per heavy atom. The van der Waals surface area contributed by atoms with Crippen molar-refractivity contribution in [3.8, 4) is 0 Å². The maximum atomic E-state index is 13.1. The van der Waals surface area contributed by atoms with Crippen molar-refractivity contribution >= 4 is 0 Å². The van der Waals surface area contributed by atoms with Gasteiger partial charge in [-0.15, -0.1) is 0 Å². The number of benzene rings is 1. The molecule has 3 heteroatoms. The lowest BCUT2D eigenvalue weighted by Gasteiger charge is -2.45. The van der Waals surface area contributed by atoms with E-state index >= 15 is 0 Å². The van der Waals surface area contributed by atoms with Crippen molar-refractivity contribution in [1.82, 2.24) is 5.32 Å². The molecule has 2 nitrogen and oxygen atoms in total. The second-order valence-corrected chi connectivity index (χ2v) is 6.37. The highest BCUT2D eigenvalue weighted by atomic mass is 19.1. The summed E-state index contributed by atoms with van der Waals surface area (Å²) < 4.78 is 19.3. The minimum atomic E-state index is -0.175. The first-order chi connectivity index (χ1) is 10.1. The maximum Gasteiger partial charge on any atom is 0.123 e. The van der Waals surface area contributed by atoms with Crippen LogP contribution in [0.5, 0.6) is 0 Å². The molecule has 3 unspecified atom stereocenters. The molecule has 0 radical (unpaired) electrons. The largest absolute Gasteiger partial charge is 0.374 e. The van der Waals surface area contributed by atoms with E-state index in [-0.39, 0.29) is 17.5 Å². The Labute approximate surface area is 128 Å². The summed E-state index contributed by atoms with van der Waals surface area (Å²) in [7, 11) is 2.01. The highest BCUT2D eigenvalue weighted by molar-refractivity contribution is 5.18. The molecule has 1 aliphatic rings. The van der Waals surface area contributed by atoms with Crippen LogP contribution in [0.15, 0.2) is 24.3 Å². The van der Waals surface area contributed by atoms with Gasteiger partial charge in [0.25, 0.3) is 0 Å². The normalized spacial score (nSPS) is 27.5. The molecule has 0 spiro atoms. The van der Waals surface area contributed by atoms with Gasteiger partial charge in [-0.2, -0.15) is 0 Å². The first-order valence-corrected chi connectivity index (χ1v) is 8.15. The SMILES string of the molecule is CCOC1(C(Cc2ccc(F)cc2)NC)CCCC(C)C1. The molecule has 0 aromatic heterocycles. The zero-order chi connectivity index (χ0) is 15.3. The minimum Gasteiger partial charge on any atom is -0.374 e. The van der Waals surface area contributed by atoms with Crippen LogP contribution in [0, 0.1) is 11.7 Å². The van der Waals surface area contributed by atoms with Crippen LogP contribution in [0.4, 0.5) is 4.39 Å².